The van der Waals surface area contributed by atoms with E-state index in [-0.39, 0.29) is 12.0 Å². The molecule has 0 amide bonds. The molecule has 4 N–H and O–H groups in total. The molecule has 3 fully saturated rings. The van der Waals surface area contributed by atoms with Crippen molar-refractivity contribution in [3.63, 3.8) is 0 Å². The molecule has 5 nitrogen and oxygen atoms in total. The monoisotopic (exact) mass is 173 g/mol. The lowest BCUT2D eigenvalue weighted by Gasteiger charge is -2.27. The van der Waals surface area contributed by atoms with Crippen LogP contribution in [0.25, 0.3) is 0 Å². The van der Waals surface area contributed by atoms with E-state index in [1.807, 2.05) is 0 Å². The van der Waals surface area contributed by atoms with Gasteiger partial charge in [0.15, 0.2) is 0 Å². The highest BCUT2D eigenvalue weighted by Gasteiger charge is 2.78. The molecule has 0 radical (unpaired) electrons. The lowest BCUT2D eigenvalue weighted by molar-refractivity contribution is -0.151. The molecule has 1 aliphatic carbocycles. The zero-order valence-electron chi connectivity index (χ0n) is 6.38. The number of rotatable bonds is 0. The van der Waals surface area contributed by atoms with Crippen LogP contribution in [0.2, 0.25) is 0 Å². The summed E-state index contributed by atoms with van der Waals surface area (Å²) >= 11 is 0. The van der Waals surface area contributed by atoms with E-state index in [9.17, 15) is 10.2 Å². The van der Waals surface area contributed by atoms with Gasteiger partial charge in [0.1, 0.15) is 12.2 Å². The SMILES string of the molecule is N[C@@H]1C2COC3(O2)C(O)C3C1O. The number of aliphatic hydroxyl groups excluding tert-OH is 2. The summed E-state index contributed by atoms with van der Waals surface area (Å²) in [6.45, 7) is 0.381. The summed E-state index contributed by atoms with van der Waals surface area (Å²) in [6.07, 6.45) is -1.65. The smallest absolute Gasteiger partial charge is 0.203 e. The van der Waals surface area contributed by atoms with E-state index >= 15 is 0 Å². The van der Waals surface area contributed by atoms with Gasteiger partial charge in [-0.15, -0.1) is 0 Å². The van der Waals surface area contributed by atoms with Crippen LogP contribution in [0.4, 0.5) is 0 Å². The Hall–Kier alpha value is -0.200. The first-order chi connectivity index (χ1) is 5.67. The average molecular weight is 173 g/mol. The van der Waals surface area contributed by atoms with Gasteiger partial charge in [-0.3, -0.25) is 0 Å². The molecule has 1 saturated carbocycles. The number of fused-ring (bicyclic) bond motifs is 1. The zero-order chi connectivity index (χ0) is 8.51. The Kier molecular flexibility index (Phi) is 1.10. The third-order valence-corrected chi connectivity index (χ3v) is 3.11. The van der Waals surface area contributed by atoms with Crippen LogP contribution < -0.4 is 5.73 Å². The fraction of sp³-hybridized carbons (Fsp3) is 1.00. The maximum absolute atomic E-state index is 9.59. The number of hydrogen-bond acceptors (Lipinski definition) is 5. The molecule has 2 saturated heterocycles. The second kappa shape index (κ2) is 1.83. The molecule has 3 aliphatic rings. The summed E-state index contributed by atoms with van der Waals surface area (Å²) in [6, 6.07) is -0.428. The third-order valence-electron chi connectivity index (χ3n) is 3.11. The Labute approximate surface area is 69.1 Å². The molecular weight excluding hydrogens is 162 g/mol. The molecule has 2 heterocycles. The van der Waals surface area contributed by atoms with Crippen molar-refractivity contribution in [3.8, 4) is 0 Å². The van der Waals surface area contributed by atoms with Crippen LogP contribution >= 0.6 is 0 Å². The maximum Gasteiger partial charge on any atom is 0.203 e. The summed E-state index contributed by atoms with van der Waals surface area (Å²) in [4.78, 5) is 0. The number of ether oxygens (including phenoxy) is 2. The summed E-state index contributed by atoms with van der Waals surface area (Å²) in [5.74, 6) is -1.24. The Morgan fingerprint density at radius 2 is 2.17 bits per heavy atom. The molecule has 68 valence electrons. The van der Waals surface area contributed by atoms with Crippen molar-refractivity contribution >= 4 is 0 Å². The average Bonchev–Trinajstić information content (AvgIpc) is 2.45. The molecule has 12 heavy (non-hydrogen) atoms. The molecule has 6 atom stereocenters. The van der Waals surface area contributed by atoms with Crippen LogP contribution in [0.5, 0.6) is 0 Å². The van der Waals surface area contributed by atoms with E-state index in [2.05, 4.69) is 0 Å². The molecule has 0 aromatic rings. The fourth-order valence-corrected chi connectivity index (χ4v) is 2.27. The Balaban J connectivity index is 1.97. The van der Waals surface area contributed by atoms with Gasteiger partial charge in [-0.05, 0) is 0 Å². The second-order valence-electron chi connectivity index (χ2n) is 3.73. The van der Waals surface area contributed by atoms with Gasteiger partial charge in [-0.1, -0.05) is 0 Å². The summed E-state index contributed by atoms with van der Waals surface area (Å²) in [5, 5.41) is 19.0. The molecule has 0 aromatic heterocycles. The lowest BCUT2D eigenvalue weighted by Crippen LogP contribution is -2.50. The first kappa shape index (κ1) is 7.23. The number of hydrogen-bond donors (Lipinski definition) is 3. The Morgan fingerprint density at radius 1 is 1.42 bits per heavy atom. The molecule has 1 spiro atoms. The van der Waals surface area contributed by atoms with Crippen molar-refractivity contribution in [1.29, 1.82) is 0 Å². The summed E-state index contributed by atoms with van der Waals surface area (Å²) in [5.41, 5.74) is 5.67. The van der Waals surface area contributed by atoms with E-state index in [4.69, 9.17) is 15.2 Å². The van der Waals surface area contributed by atoms with Crippen LogP contribution in [-0.2, 0) is 9.47 Å². The van der Waals surface area contributed by atoms with E-state index in [1.165, 1.54) is 0 Å². The Bertz CT molecular complexity index is 235. The molecule has 3 rings (SSSR count). The zero-order valence-corrected chi connectivity index (χ0v) is 6.38. The maximum atomic E-state index is 9.59. The van der Waals surface area contributed by atoms with Crippen molar-refractivity contribution < 1.29 is 19.7 Å². The van der Waals surface area contributed by atoms with Crippen molar-refractivity contribution in [3.05, 3.63) is 0 Å². The number of aliphatic hydroxyl groups is 2. The molecule has 5 heteroatoms. The minimum absolute atomic E-state index is 0.256. The highest BCUT2D eigenvalue weighted by molar-refractivity contribution is 5.20. The highest BCUT2D eigenvalue weighted by Crippen LogP contribution is 2.57. The normalized spacial score (nSPS) is 67.8. The summed E-state index contributed by atoms with van der Waals surface area (Å²) < 4.78 is 10.7. The van der Waals surface area contributed by atoms with E-state index in [0.29, 0.717) is 6.61 Å². The molecular formula is C7H11NO4. The highest BCUT2D eigenvalue weighted by atomic mass is 16.8. The standard InChI is InChI=1S/C7H11NO4/c8-4-2-1-11-7(12-2)3(5(4)9)6(7)10/h2-6,9-10H,1,8H2/t2?,3?,4-,5?,6?,7?/m1/s1. The van der Waals surface area contributed by atoms with Crippen LogP contribution in [0.3, 0.4) is 0 Å². The van der Waals surface area contributed by atoms with Gasteiger partial charge >= 0.3 is 0 Å². The number of nitrogens with two attached hydrogens (primary N) is 1. The van der Waals surface area contributed by atoms with Crippen molar-refractivity contribution in [2.75, 3.05) is 6.61 Å². The van der Waals surface area contributed by atoms with E-state index in [0.717, 1.165) is 0 Å². The quantitative estimate of drug-likeness (QED) is 0.387. The van der Waals surface area contributed by atoms with Crippen LogP contribution in [0, 0.1) is 5.92 Å². The van der Waals surface area contributed by atoms with Gasteiger partial charge < -0.3 is 25.4 Å². The van der Waals surface area contributed by atoms with Gasteiger partial charge in [0.05, 0.1) is 24.7 Å². The first-order valence-electron chi connectivity index (χ1n) is 4.10. The van der Waals surface area contributed by atoms with Crippen molar-refractivity contribution in [1.82, 2.24) is 0 Å². The van der Waals surface area contributed by atoms with Crippen molar-refractivity contribution in [2.45, 2.75) is 30.1 Å². The van der Waals surface area contributed by atoms with Gasteiger partial charge in [-0.25, -0.2) is 0 Å². The van der Waals surface area contributed by atoms with Gasteiger partial charge in [-0.2, -0.15) is 0 Å². The van der Waals surface area contributed by atoms with Crippen LogP contribution in [0.15, 0.2) is 0 Å². The molecule has 5 unspecified atom stereocenters. The van der Waals surface area contributed by atoms with Crippen molar-refractivity contribution in [2.24, 2.45) is 11.7 Å². The largest absolute Gasteiger partial charge is 0.391 e. The second-order valence-corrected chi connectivity index (χ2v) is 3.73. The lowest BCUT2D eigenvalue weighted by atomic mass is 10.0. The molecule has 2 aliphatic heterocycles. The van der Waals surface area contributed by atoms with Crippen LogP contribution in [-0.4, -0.2) is 47.0 Å². The molecule has 0 aromatic carbocycles. The fourth-order valence-electron chi connectivity index (χ4n) is 2.27. The predicted molar refractivity (Wildman–Crippen MR) is 37.0 cm³/mol. The molecule has 2 bridgehead atoms. The topological polar surface area (TPSA) is 84.9 Å². The summed E-state index contributed by atoms with van der Waals surface area (Å²) in [7, 11) is 0. The predicted octanol–water partition coefficient (Wildman–Crippen LogP) is -2.21. The minimum atomic E-state index is -0.903. The first-order valence-corrected chi connectivity index (χ1v) is 4.10. The van der Waals surface area contributed by atoms with E-state index < -0.39 is 24.0 Å². The van der Waals surface area contributed by atoms with E-state index in [1.54, 1.807) is 0 Å². The Morgan fingerprint density at radius 3 is 2.92 bits per heavy atom. The van der Waals surface area contributed by atoms with Crippen LogP contribution in [0.1, 0.15) is 0 Å². The minimum Gasteiger partial charge on any atom is -0.391 e. The van der Waals surface area contributed by atoms with Gasteiger partial charge in [0.25, 0.3) is 0 Å². The third kappa shape index (κ3) is 0.560. The van der Waals surface area contributed by atoms with Gasteiger partial charge in [0.2, 0.25) is 5.79 Å². The van der Waals surface area contributed by atoms with Gasteiger partial charge in [0, 0.05) is 0 Å².